The van der Waals surface area contributed by atoms with Crippen molar-refractivity contribution in [3.05, 3.63) is 12.3 Å². The zero-order valence-electron chi connectivity index (χ0n) is 4.76. The van der Waals surface area contributed by atoms with Gasteiger partial charge in [0.05, 0.1) is 0 Å². The van der Waals surface area contributed by atoms with Gasteiger partial charge in [-0.2, -0.15) is 0 Å². The molecule has 0 saturated carbocycles. The predicted octanol–water partition coefficient (Wildman–Crippen LogP) is 2.18. The van der Waals surface area contributed by atoms with E-state index in [-0.39, 0.29) is 0 Å². The maximum atomic E-state index is 5.61. The minimum absolute atomic E-state index is 0.569. The Hall–Kier alpha value is -0.300. The molecule has 0 N–H and O–H groups in total. The Bertz CT molecular complexity index is 137. The molecule has 1 nitrogen and oxygen atoms in total. The monoisotopic (exact) mass is 129 g/mol. The van der Waals surface area contributed by atoms with Gasteiger partial charge in [-0.15, -0.1) is 0 Å². The number of aliphatic imine (C=N–C) groups is 1. The molecule has 0 saturated heterocycles. The molecule has 0 aromatic carbocycles. The fraction of sp³-hybridized carbons (Fsp3) is 0.500. The molecule has 1 aliphatic heterocycles. The third-order valence-corrected chi connectivity index (χ3v) is 1.37. The van der Waals surface area contributed by atoms with E-state index in [2.05, 4.69) is 11.9 Å². The number of hydrogen-bond donors (Lipinski definition) is 0. The predicted molar refractivity (Wildman–Crippen MR) is 36.2 cm³/mol. The van der Waals surface area contributed by atoms with Gasteiger partial charge in [0.2, 0.25) is 0 Å². The smallest absolute Gasteiger partial charge is 0.106 e. The highest BCUT2D eigenvalue weighted by Crippen LogP contribution is 2.12. The Labute approximate surface area is 54.1 Å². The highest BCUT2D eigenvalue weighted by Gasteiger charge is 2.03. The van der Waals surface area contributed by atoms with E-state index in [0.29, 0.717) is 5.92 Å². The van der Waals surface area contributed by atoms with Crippen molar-refractivity contribution >= 4 is 16.8 Å². The van der Waals surface area contributed by atoms with Crippen molar-refractivity contribution in [3.63, 3.8) is 0 Å². The summed E-state index contributed by atoms with van der Waals surface area (Å²) in [5.41, 5.74) is 0. The van der Waals surface area contributed by atoms with Crippen molar-refractivity contribution < 1.29 is 0 Å². The number of halogens is 1. The van der Waals surface area contributed by atoms with Crippen LogP contribution in [-0.2, 0) is 0 Å². The molecule has 0 aromatic rings. The summed E-state index contributed by atoms with van der Waals surface area (Å²) in [6, 6.07) is 0. The lowest BCUT2D eigenvalue weighted by molar-refractivity contribution is 0.761. The molecule has 44 valence electrons. The molecule has 0 bridgehead atoms. The average molecular weight is 130 g/mol. The van der Waals surface area contributed by atoms with E-state index in [0.717, 1.165) is 11.6 Å². The van der Waals surface area contributed by atoms with Crippen LogP contribution in [-0.4, -0.2) is 5.17 Å². The second kappa shape index (κ2) is 2.31. The molecule has 1 atom stereocenters. The van der Waals surface area contributed by atoms with Crippen LogP contribution in [0.1, 0.15) is 13.3 Å². The van der Waals surface area contributed by atoms with Crippen LogP contribution in [0, 0.1) is 5.92 Å². The molecular formula is C6H8ClN. The van der Waals surface area contributed by atoms with Crippen LogP contribution >= 0.6 is 11.6 Å². The van der Waals surface area contributed by atoms with Crippen molar-refractivity contribution in [2.75, 3.05) is 0 Å². The van der Waals surface area contributed by atoms with Crippen LogP contribution in [0.15, 0.2) is 17.3 Å². The van der Waals surface area contributed by atoms with E-state index in [1.807, 2.05) is 6.08 Å². The van der Waals surface area contributed by atoms with E-state index in [9.17, 15) is 0 Å². The Balaban J connectivity index is 2.59. The number of nitrogens with zero attached hydrogens (tertiary/aromatic N) is 1. The van der Waals surface area contributed by atoms with E-state index in [1.54, 1.807) is 6.20 Å². The zero-order chi connectivity index (χ0) is 5.98. The average Bonchev–Trinajstić information content (AvgIpc) is 1.64. The van der Waals surface area contributed by atoms with E-state index < -0.39 is 0 Å². The van der Waals surface area contributed by atoms with Crippen LogP contribution in [0.3, 0.4) is 0 Å². The minimum atomic E-state index is 0.569. The van der Waals surface area contributed by atoms with Crippen LogP contribution < -0.4 is 0 Å². The Kier molecular flexibility index (Phi) is 1.69. The van der Waals surface area contributed by atoms with Crippen LogP contribution in [0.4, 0.5) is 0 Å². The normalized spacial score (nSPS) is 27.8. The van der Waals surface area contributed by atoms with Gasteiger partial charge in [0, 0.05) is 12.6 Å². The van der Waals surface area contributed by atoms with E-state index in [1.165, 1.54) is 0 Å². The Morgan fingerprint density at radius 1 is 1.88 bits per heavy atom. The molecule has 8 heavy (non-hydrogen) atoms. The largest absolute Gasteiger partial charge is 0.249 e. The molecule has 0 radical (unpaired) electrons. The molecule has 1 rings (SSSR count). The summed E-state index contributed by atoms with van der Waals surface area (Å²) in [5, 5.41) is 0.722. The number of allylic oxidation sites excluding steroid dienone is 1. The molecule has 1 aliphatic rings. The molecule has 0 fully saturated rings. The van der Waals surface area contributed by atoms with E-state index in [4.69, 9.17) is 11.6 Å². The summed E-state index contributed by atoms with van der Waals surface area (Å²) in [5.74, 6) is 0.569. The van der Waals surface area contributed by atoms with Gasteiger partial charge in [-0.1, -0.05) is 24.6 Å². The molecule has 1 heterocycles. The molecular weight excluding hydrogens is 122 g/mol. The summed E-state index contributed by atoms with van der Waals surface area (Å²) in [6.45, 7) is 2.12. The van der Waals surface area contributed by atoms with Crippen molar-refractivity contribution in [2.45, 2.75) is 13.3 Å². The summed E-state index contributed by atoms with van der Waals surface area (Å²) < 4.78 is 0. The minimum Gasteiger partial charge on any atom is -0.249 e. The first-order valence-corrected chi connectivity index (χ1v) is 3.05. The summed E-state index contributed by atoms with van der Waals surface area (Å²) in [7, 11) is 0. The van der Waals surface area contributed by atoms with Gasteiger partial charge in [0.25, 0.3) is 0 Å². The first-order chi connectivity index (χ1) is 3.79. The van der Waals surface area contributed by atoms with Crippen molar-refractivity contribution in [1.29, 1.82) is 0 Å². The summed E-state index contributed by atoms with van der Waals surface area (Å²) in [6.07, 6.45) is 4.71. The first-order valence-electron chi connectivity index (χ1n) is 2.68. The molecule has 0 amide bonds. The van der Waals surface area contributed by atoms with Gasteiger partial charge < -0.3 is 0 Å². The van der Waals surface area contributed by atoms with Crippen LogP contribution in [0.5, 0.6) is 0 Å². The summed E-state index contributed by atoms with van der Waals surface area (Å²) >= 11 is 5.61. The second-order valence-electron chi connectivity index (χ2n) is 2.03. The standard InChI is InChI=1S/C6H8ClN/c1-5-2-3-8-6(7)4-5/h2-3,5H,4H2,1H3. The lowest BCUT2D eigenvalue weighted by atomic mass is 10.1. The fourth-order valence-electron chi connectivity index (χ4n) is 0.657. The lowest BCUT2D eigenvalue weighted by Gasteiger charge is -2.05. The quantitative estimate of drug-likeness (QED) is 0.476. The van der Waals surface area contributed by atoms with Gasteiger partial charge >= 0.3 is 0 Å². The molecule has 0 aromatic heterocycles. The van der Waals surface area contributed by atoms with Gasteiger partial charge in [-0.05, 0) is 5.92 Å². The van der Waals surface area contributed by atoms with E-state index >= 15 is 0 Å². The number of rotatable bonds is 0. The maximum Gasteiger partial charge on any atom is 0.106 e. The maximum absolute atomic E-state index is 5.61. The van der Waals surface area contributed by atoms with Crippen molar-refractivity contribution in [1.82, 2.24) is 0 Å². The number of hydrogen-bond acceptors (Lipinski definition) is 1. The molecule has 2 heteroatoms. The zero-order valence-corrected chi connectivity index (χ0v) is 5.52. The third-order valence-electron chi connectivity index (χ3n) is 1.12. The highest BCUT2D eigenvalue weighted by molar-refractivity contribution is 6.65. The third kappa shape index (κ3) is 1.34. The molecule has 1 unspecified atom stereocenters. The lowest BCUT2D eigenvalue weighted by Crippen LogP contribution is -1.99. The summed E-state index contributed by atoms with van der Waals surface area (Å²) in [4.78, 5) is 3.88. The van der Waals surface area contributed by atoms with Crippen LogP contribution in [0.25, 0.3) is 0 Å². The fourth-order valence-corrected chi connectivity index (χ4v) is 0.957. The first kappa shape index (κ1) is 5.83. The highest BCUT2D eigenvalue weighted by atomic mass is 35.5. The SMILES string of the molecule is CC1C=CN=C(Cl)C1. The topological polar surface area (TPSA) is 12.4 Å². The second-order valence-corrected chi connectivity index (χ2v) is 2.46. The molecule has 0 aliphatic carbocycles. The van der Waals surface area contributed by atoms with Gasteiger partial charge in [0.15, 0.2) is 0 Å². The van der Waals surface area contributed by atoms with Crippen LogP contribution in [0.2, 0.25) is 0 Å². The Morgan fingerprint density at radius 3 is 3.00 bits per heavy atom. The van der Waals surface area contributed by atoms with Crippen molar-refractivity contribution in [3.8, 4) is 0 Å². The molecule has 0 spiro atoms. The van der Waals surface area contributed by atoms with Gasteiger partial charge in [-0.25, -0.2) is 4.99 Å². The Morgan fingerprint density at radius 2 is 2.62 bits per heavy atom. The van der Waals surface area contributed by atoms with Gasteiger partial charge in [-0.3, -0.25) is 0 Å². The van der Waals surface area contributed by atoms with Crippen molar-refractivity contribution in [2.24, 2.45) is 10.9 Å². The van der Waals surface area contributed by atoms with Gasteiger partial charge in [0.1, 0.15) is 5.17 Å².